The van der Waals surface area contributed by atoms with E-state index in [1.807, 2.05) is 12.1 Å². The fraction of sp³-hybridized carbons (Fsp3) is 0.455. The van der Waals surface area contributed by atoms with Gasteiger partial charge in [-0.05, 0) is 29.9 Å². The van der Waals surface area contributed by atoms with Gasteiger partial charge in [-0.2, -0.15) is 11.8 Å². The largest absolute Gasteiger partial charge is 0.465 e. The van der Waals surface area contributed by atoms with Crippen molar-refractivity contribution < 1.29 is 9.53 Å². The monoisotopic (exact) mass is 225 g/mol. The normalized spacial score (nSPS) is 9.93. The lowest BCUT2D eigenvalue weighted by Gasteiger charge is -2.02. The van der Waals surface area contributed by atoms with Crippen molar-refractivity contribution >= 4 is 17.7 Å². The summed E-state index contributed by atoms with van der Waals surface area (Å²) in [4.78, 5) is 14.4. The molecule has 1 rings (SSSR count). The summed E-state index contributed by atoms with van der Waals surface area (Å²) < 4.78 is 4.82. The van der Waals surface area contributed by atoms with Crippen LogP contribution in [0.1, 0.15) is 12.5 Å². The van der Waals surface area contributed by atoms with Crippen LogP contribution in [-0.4, -0.2) is 29.1 Å². The van der Waals surface area contributed by atoms with Crippen LogP contribution < -0.4 is 0 Å². The highest BCUT2D eigenvalue weighted by Gasteiger charge is 1.95. The van der Waals surface area contributed by atoms with Crippen LogP contribution >= 0.6 is 11.8 Å². The third kappa shape index (κ3) is 6.12. The highest BCUT2D eigenvalue weighted by Crippen LogP contribution is 2.05. The Bertz CT molecular complexity index is 290. The Morgan fingerprint density at radius 3 is 2.80 bits per heavy atom. The van der Waals surface area contributed by atoms with Gasteiger partial charge in [0, 0.05) is 25.1 Å². The van der Waals surface area contributed by atoms with E-state index in [-0.39, 0.29) is 5.97 Å². The van der Waals surface area contributed by atoms with Gasteiger partial charge >= 0.3 is 5.97 Å². The second kappa shape index (κ2) is 7.29. The first kappa shape index (κ1) is 12.0. The van der Waals surface area contributed by atoms with Gasteiger partial charge in [-0.25, -0.2) is 0 Å². The summed E-state index contributed by atoms with van der Waals surface area (Å²) in [5, 5.41) is 0. The zero-order chi connectivity index (χ0) is 10.9. The van der Waals surface area contributed by atoms with Gasteiger partial charge < -0.3 is 4.74 Å². The molecule has 0 N–H and O–H groups in total. The quantitative estimate of drug-likeness (QED) is 0.547. The molecular weight excluding hydrogens is 210 g/mol. The maximum atomic E-state index is 10.5. The van der Waals surface area contributed by atoms with Gasteiger partial charge in [0.15, 0.2) is 0 Å². The van der Waals surface area contributed by atoms with Gasteiger partial charge in [-0.15, -0.1) is 0 Å². The molecule has 82 valence electrons. The van der Waals surface area contributed by atoms with Crippen LogP contribution in [0.2, 0.25) is 0 Å². The summed E-state index contributed by atoms with van der Waals surface area (Å²) >= 11 is 1.79. The number of ether oxygens (including phenoxy) is 1. The van der Waals surface area contributed by atoms with Crippen LogP contribution in [0, 0.1) is 0 Å². The summed E-state index contributed by atoms with van der Waals surface area (Å²) in [5.74, 6) is 1.71. The summed E-state index contributed by atoms with van der Waals surface area (Å²) in [6.07, 6.45) is 4.64. The molecular formula is C11H15NO2S. The molecule has 0 amide bonds. The van der Waals surface area contributed by atoms with E-state index >= 15 is 0 Å². The molecule has 1 aromatic heterocycles. The maximum Gasteiger partial charge on any atom is 0.302 e. The summed E-state index contributed by atoms with van der Waals surface area (Å²) in [5.41, 5.74) is 1.30. The molecule has 0 aromatic carbocycles. The Morgan fingerprint density at radius 1 is 1.40 bits per heavy atom. The first-order chi connectivity index (χ1) is 7.29. The van der Waals surface area contributed by atoms with Crippen molar-refractivity contribution in [2.45, 2.75) is 13.3 Å². The Hall–Kier alpha value is -1.03. The van der Waals surface area contributed by atoms with Crippen LogP contribution in [0.25, 0.3) is 0 Å². The molecule has 0 unspecified atom stereocenters. The van der Waals surface area contributed by atoms with Crippen molar-refractivity contribution in [3.05, 3.63) is 30.1 Å². The number of hydrogen-bond acceptors (Lipinski definition) is 4. The topological polar surface area (TPSA) is 39.2 Å². The fourth-order valence-corrected chi connectivity index (χ4v) is 1.87. The fourth-order valence-electron chi connectivity index (χ4n) is 1.09. The number of aryl methyl sites for hydroxylation is 1. The molecule has 0 spiro atoms. The van der Waals surface area contributed by atoms with E-state index in [9.17, 15) is 4.79 Å². The molecule has 0 radical (unpaired) electrons. The first-order valence-electron chi connectivity index (χ1n) is 4.89. The Labute approximate surface area is 94.2 Å². The third-order valence-corrected chi connectivity index (χ3v) is 2.77. The van der Waals surface area contributed by atoms with Crippen LogP contribution in [-0.2, 0) is 16.0 Å². The lowest BCUT2D eigenvalue weighted by molar-refractivity contribution is -0.140. The lowest BCUT2D eigenvalue weighted by atomic mass is 10.2. The Kier molecular flexibility index (Phi) is 5.85. The molecule has 4 heteroatoms. The first-order valence-corrected chi connectivity index (χ1v) is 6.04. The van der Waals surface area contributed by atoms with Gasteiger partial charge in [0.05, 0.1) is 0 Å². The number of hydrogen-bond donors (Lipinski definition) is 0. The van der Waals surface area contributed by atoms with E-state index in [0.29, 0.717) is 6.61 Å². The average molecular weight is 225 g/mol. The highest BCUT2D eigenvalue weighted by molar-refractivity contribution is 7.99. The maximum absolute atomic E-state index is 10.5. The van der Waals surface area contributed by atoms with E-state index in [4.69, 9.17) is 4.74 Å². The second-order valence-corrected chi connectivity index (χ2v) is 4.28. The second-order valence-electron chi connectivity index (χ2n) is 3.06. The SMILES string of the molecule is CC(=O)OCCSCCc1ccncc1. The number of carbonyl (C=O) groups is 1. The molecule has 0 atom stereocenters. The number of esters is 1. The molecule has 0 aliphatic heterocycles. The van der Waals surface area contributed by atoms with E-state index in [1.165, 1.54) is 12.5 Å². The van der Waals surface area contributed by atoms with E-state index < -0.39 is 0 Å². The lowest BCUT2D eigenvalue weighted by Crippen LogP contribution is -2.03. The smallest absolute Gasteiger partial charge is 0.302 e. The number of carbonyl (C=O) groups excluding carboxylic acids is 1. The van der Waals surface area contributed by atoms with Crippen molar-refractivity contribution in [2.75, 3.05) is 18.1 Å². The Balaban J connectivity index is 2.00. The number of nitrogens with zero attached hydrogens (tertiary/aromatic N) is 1. The van der Waals surface area contributed by atoms with E-state index in [1.54, 1.807) is 24.2 Å². The van der Waals surface area contributed by atoms with Crippen LogP contribution in [0.3, 0.4) is 0 Å². The molecule has 0 aliphatic carbocycles. The van der Waals surface area contributed by atoms with Crippen molar-refractivity contribution in [2.24, 2.45) is 0 Å². The Morgan fingerprint density at radius 2 is 2.13 bits per heavy atom. The van der Waals surface area contributed by atoms with Crippen molar-refractivity contribution in [1.82, 2.24) is 4.98 Å². The molecule has 0 aliphatic rings. The van der Waals surface area contributed by atoms with Crippen LogP contribution in [0.15, 0.2) is 24.5 Å². The third-order valence-electron chi connectivity index (χ3n) is 1.82. The molecule has 1 heterocycles. The zero-order valence-corrected chi connectivity index (χ0v) is 9.63. The minimum absolute atomic E-state index is 0.204. The van der Waals surface area contributed by atoms with Crippen LogP contribution in [0.5, 0.6) is 0 Å². The summed E-state index contributed by atoms with van der Waals surface area (Å²) in [6, 6.07) is 4.04. The number of thioether (sulfide) groups is 1. The predicted octanol–water partition coefficient (Wildman–Crippen LogP) is 1.92. The van der Waals surface area contributed by atoms with E-state index in [0.717, 1.165) is 17.9 Å². The van der Waals surface area contributed by atoms with E-state index in [2.05, 4.69) is 4.98 Å². The molecule has 0 bridgehead atoms. The average Bonchev–Trinajstić information content (AvgIpc) is 2.24. The summed E-state index contributed by atoms with van der Waals surface area (Å²) in [6.45, 7) is 1.94. The van der Waals surface area contributed by atoms with Gasteiger partial charge in [0.2, 0.25) is 0 Å². The standard InChI is InChI=1S/C11H15NO2S/c1-10(13)14-7-9-15-8-4-11-2-5-12-6-3-11/h2-3,5-6H,4,7-9H2,1H3. The van der Waals surface area contributed by atoms with Gasteiger partial charge in [0.1, 0.15) is 6.61 Å². The predicted molar refractivity (Wildman–Crippen MR) is 61.9 cm³/mol. The zero-order valence-electron chi connectivity index (χ0n) is 8.81. The van der Waals surface area contributed by atoms with Crippen molar-refractivity contribution in [3.8, 4) is 0 Å². The number of rotatable bonds is 6. The highest BCUT2D eigenvalue weighted by atomic mass is 32.2. The van der Waals surface area contributed by atoms with Crippen molar-refractivity contribution in [1.29, 1.82) is 0 Å². The van der Waals surface area contributed by atoms with Gasteiger partial charge in [0.25, 0.3) is 0 Å². The van der Waals surface area contributed by atoms with Crippen LogP contribution in [0.4, 0.5) is 0 Å². The molecule has 0 saturated heterocycles. The minimum Gasteiger partial charge on any atom is -0.465 e. The minimum atomic E-state index is -0.204. The number of aromatic nitrogens is 1. The molecule has 15 heavy (non-hydrogen) atoms. The van der Waals surface area contributed by atoms with Crippen molar-refractivity contribution in [3.63, 3.8) is 0 Å². The molecule has 3 nitrogen and oxygen atoms in total. The summed E-state index contributed by atoms with van der Waals surface area (Å²) in [7, 11) is 0. The molecule has 0 saturated carbocycles. The molecule has 1 aromatic rings. The number of pyridine rings is 1. The van der Waals surface area contributed by atoms with Gasteiger partial charge in [-0.3, -0.25) is 9.78 Å². The molecule has 0 fully saturated rings. The van der Waals surface area contributed by atoms with Gasteiger partial charge in [-0.1, -0.05) is 0 Å².